The first-order valence-electron chi connectivity index (χ1n) is 9.45. The van der Waals surface area contributed by atoms with Crippen LogP contribution < -0.4 is 10.5 Å². The number of aliphatic carboxylic acids is 1. The topological polar surface area (TPSA) is 116 Å². The van der Waals surface area contributed by atoms with Crippen molar-refractivity contribution < 1.29 is 23.8 Å². The van der Waals surface area contributed by atoms with Crippen LogP contribution in [0.3, 0.4) is 0 Å². The summed E-state index contributed by atoms with van der Waals surface area (Å²) in [5, 5.41) is 9.86. The molecule has 7 nitrogen and oxygen atoms in total. The summed E-state index contributed by atoms with van der Waals surface area (Å²) < 4.78 is 11.2. The van der Waals surface area contributed by atoms with Gasteiger partial charge in [0.1, 0.15) is 17.3 Å². The number of fused-ring (bicyclic) bond motifs is 1. The van der Waals surface area contributed by atoms with E-state index in [2.05, 4.69) is 4.98 Å². The largest absolute Gasteiger partial charge is 0.480 e. The van der Waals surface area contributed by atoms with Crippen molar-refractivity contribution in [1.82, 2.24) is 4.98 Å². The third-order valence-electron chi connectivity index (χ3n) is 4.62. The van der Waals surface area contributed by atoms with E-state index >= 15 is 0 Å². The number of carbonyl (C=O) groups excluding carboxylic acids is 1. The van der Waals surface area contributed by atoms with Crippen molar-refractivity contribution in [1.29, 1.82) is 0 Å². The van der Waals surface area contributed by atoms with Crippen LogP contribution in [0.2, 0.25) is 10.0 Å². The third kappa shape index (κ3) is 4.91. The van der Waals surface area contributed by atoms with Crippen LogP contribution in [0.1, 0.15) is 15.9 Å². The van der Waals surface area contributed by atoms with Gasteiger partial charge in [-0.05, 0) is 60.5 Å². The van der Waals surface area contributed by atoms with Crippen LogP contribution in [0.4, 0.5) is 0 Å². The Kier molecular flexibility index (Phi) is 6.14. The fourth-order valence-electron chi connectivity index (χ4n) is 3.10. The first-order valence-corrected chi connectivity index (χ1v) is 10.2. The maximum absolute atomic E-state index is 12.6. The Balaban J connectivity index is 1.55. The Bertz CT molecular complexity index is 1310. The molecule has 0 fully saturated rings. The molecule has 0 aliphatic rings. The summed E-state index contributed by atoms with van der Waals surface area (Å²) in [5.74, 6) is -1.11. The van der Waals surface area contributed by atoms with Crippen molar-refractivity contribution in [3.8, 4) is 17.2 Å². The molecule has 0 aliphatic heterocycles. The second kappa shape index (κ2) is 9.00. The smallest absolute Gasteiger partial charge is 0.343 e. The summed E-state index contributed by atoms with van der Waals surface area (Å²) in [6.45, 7) is 0. The van der Waals surface area contributed by atoms with Crippen LogP contribution in [-0.4, -0.2) is 28.1 Å². The van der Waals surface area contributed by atoms with E-state index in [4.69, 9.17) is 43.2 Å². The highest BCUT2D eigenvalue weighted by atomic mass is 35.5. The Morgan fingerprint density at radius 2 is 1.81 bits per heavy atom. The Hall–Kier alpha value is -3.39. The van der Waals surface area contributed by atoms with Crippen molar-refractivity contribution in [2.24, 2.45) is 5.73 Å². The first-order chi connectivity index (χ1) is 15.3. The van der Waals surface area contributed by atoms with Gasteiger partial charge in [-0.2, -0.15) is 0 Å². The lowest BCUT2D eigenvalue weighted by molar-refractivity contribution is -0.138. The van der Waals surface area contributed by atoms with Gasteiger partial charge in [0.05, 0.1) is 5.56 Å². The second-order valence-electron chi connectivity index (χ2n) is 7.05. The number of nitrogens with zero attached hydrogens (tertiary/aromatic N) is 1. The number of carbonyl (C=O) groups is 2. The van der Waals surface area contributed by atoms with Gasteiger partial charge in [-0.25, -0.2) is 9.78 Å². The molecule has 3 N–H and O–H groups in total. The van der Waals surface area contributed by atoms with Crippen molar-refractivity contribution in [2.75, 3.05) is 0 Å². The highest BCUT2D eigenvalue weighted by Gasteiger charge is 2.16. The Labute approximate surface area is 192 Å². The van der Waals surface area contributed by atoms with Crippen LogP contribution in [-0.2, 0) is 11.2 Å². The number of halogens is 2. The van der Waals surface area contributed by atoms with E-state index in [0.717, 1.165) is 0 Å². The van der Waals surface area contributed by atoms with Crippen LogP contribution in [0.15, 0.2) is 65.1 Å². The van der Waals surface area contributed by atoms with Gasteiger partial charge in [0.2, 0.25) is 5.89 Å². The highest BCUT2D eigenvalue weighted by molar-refractivity contribution is 6.35. The lowest BCUT2D eigenvalue weighted by Crippen LogP contribution is -2.32. The fourth-order valence-corrected chi connectivity index (χ4v) is 3.62. The number of esters is 1. The molecular formula is C23H16Cl2N2O5. The predicted octanol–water partition coefficient (Wildman–Crippen LogP) is 4.98. The number of benzene rings is 3. The Morgan fingerprint density at radius 3 is 2.53 bits per heavy atom. The molecule has 4 aromatic rings. The molecule has 0 saturated heterocycles. The van der Waals surface area contributed by atoms with Crippen molar-refractivity contribution in [2.45, 2.75) is 12.5 Å². The average Bonchev–Trinajstić information content (AvgIpc) is 3.16. The molecule has 162 valence electrons. The van der Waals surface area contributed by atoms with Crippen LogP contribution in [0, 0.1) is 0 Å². The van der Waals surface area contributed by atoms with Gasteiger partial charge in [-0.1, -0.05) is 35.3 Å². The number of hydrogen-bond acceptors (Lipinski definition) is 6. The zero-order valence-electron chi connectivity index (χ0n) is 16.4. The molecule has 32 heavy (non-hydrogen) atoms. The van der Waals surface area contributed by atoms with Crippen molar-refractivity contribution in [3.63, 3.8) is 0 Å². The maximum atomic E-state index is 12.6. The van der Waals surface area contributed by atoms with Crippen LogP contribution in [0.5, 0.6) is 5.75 Å². The summed E-state index contributed by atoms with van der Waals surface area (Å²) >= 11 is 12.1. The first kappa shape index (κ1) is 21.8. The van der Waals surface area contributed by atoms with Crippen LogP contribution >= 0.6 is 23.2 Å². The molecule has 9 heteroatoms. The molecule has 0 aliphatic carbocycles. The molecule has 1 atom stereocenters. The van der Waals surface area contributed by atoms with Gasteiger partial charge in [0.15, 0.2) is 5.58 Å². The quantitative estimate of drug-likeness (QED) is 0.301. The van der Waals surface area contributed by atoms with Crippen molar-refractivity contribution >= 4 is 46.2 Å². The van der Waals surface area contributed by atoms with E-state index in [-0.39, 0.29) is 17.7 Å². The maximum Gasteiger partial charge on any atom is 0.343 e. The molecule has 1 heterocycles. The number of hydrogen-bond donors (Lipinski definition) is 2. The van der Waals surface area contributed by atoms with Gasteiger partial charge < -0.3 is 20.0 Å². The average molecular weight is 471 g/mol. The summed E-state index contributed by atoms with van der Waals surface area (Å²) in [5.41, 5.74) is 8.03. The van der Waals surface area contributed by atoms with Gasteiger partial charge in [0, 0.05) is 15.6 Å². The molecule has 0 saturated carbocycles. The number of aromatic nitrogens is 1. The summed E-state index contributed by atoms with van der Waals surface area (Å²) in [7, 11) is 0. The minimum absolute atomic E-state index is 0.112. The molecular weight excluding hydrogens is 455 g/mol. The number of rotatable bonds is 6. The number of oxazole rings is 1. The summed E-state index contributed by atoms with van der Waals surface area (Å²) in [6.07, 6.45) is 0.112. The third-order valence-corrected chi connectivity index (χ3v) is 5.05. The lowest BCUT2D eigenvalue weighted by Gasteiger charge is -2.09. The van der Waals surface area contributed by atoms with Crippen LogP contribution in [0.25, 0.3) is 22.6 Å². The number of carboxylic acids is 1. The standard InChI is InChI=1S/C23H16Cl2N2O5/c24-15-8-14(9-16(25)11-15)21-27-19-5-4-13(10-20(19)32-21)23(30)31-17-3-1-2-12(6-17)7-18(26)22(28)29/h1-6,8-11,18H,7,26H2,(H,28,29). The summed E-state index contributed by atoms with van der Waals surface area (Å²) in [4.78, 5) is 28.0. The van der Waals surface area contributed by atoms with E-state index in [9.17, 15) is 9.59 Å². The molecule has 1 aromatic heterocycles. The number of nitrogens with two attached hydrogens (primary N) is 1. The van der Waals surface area contributed by atoms with E-state index in [1.54, 1.807) is 54.6 Å². The fraction of sp³-hybridized carbons (Fsp3) is 0.0870. The van der Waals surface area contributed by atoms with E-state index in [1.807, 2.05) is 0 Å². The van der Waals surface area contributed by atoms with Gasteiger partial charge in [-0.3, -0.25) is 4.79 Å². The van der Waals surface area contributed by atoms with E-state index in [1.165, 1.54) is 6.07 Å². The van der Waals surface area contributed by atoms with E-state index in [0.29, 0.717) is 38.2 Å². The minimum atomic E-state index is -1.10. The van der Waals surface area contributed by atoms with Crippen molar-refractivity contribution in [3.05, 3.63) is 81.8 Å². The predicted molar refractivity (Wildman–Crippen MR) is 120 cm³/mol. The molecule has 4 rings (SSSR count). The normalized spacial score (nSPS) is 12.0. The Morgan fingerprint density at radius 1 is 1.06 bits per heavy atom. The molecule has 1 unspecified atom stereocenters. The van der Waals surface area contributed by atoms with Gasteiger partial charge >= 0.3 is 11.9 Å². The monoisotopic (exact) mass is 470 g/mol. The second-order valence-corrected chi connectivity index (χ2v) is 7.92. The number of ether oxygens (including phenoxy) is 1. The molecule has 0 spiro atoms. The van der Waals surface area contributed by atoms with Gasteiger partial charge in [0.25, 0.3) is 0 Å². The molecule has 0 bridgehead atoms. The molecule has 0 radical (unpaired) electrons. The van der Waals surface area contributed by atoms with E-state index < -0.39 is 18.0 Å². The minimum Gasteiger partial charge on any atom is -0.480 e. The highest BCUT2D eigenvalue weighted by Crippen LogP contribution is 2.30. The molecule has 0 amide bonds. The van der Waals surface area contributed by atoms with Gasteiger partial charge in [-0.15, -0.1) is 0 Å². The zero-order valence-corrected chi connectivity index (χ0v) is 17.9. The zero-order chi connectivity index (χ0) is 22.8. The SMILES string of the molecule is NC(Cc1cccc(OC(=O)c2ccc3nc(-c4cc(Cl)cc(Cl)c4)oc3c2)c1)C(=O)O. The molecule has 3 aromatic carbocycles. The summed E-state index contributed by atoms with van der Waals surface area (Å²) in [6, 6.07) is 15.2. The lowest BCUT2D eigenvalue weighted by atomic mass is 10.1. The number of carboxylic acid groups (broad SMARTS) is 1.